The zero-order valence-electron chi connectivity index (χ0n) is 17.7. The van der Waals surface area contributed by atoms with Gasteiger partial charge in [0.25, 0.3) is 11.5 Å². The fourth-order valence-corrected chi connectivity index (χ4v) is 4.17. The minimum atomic E-state index is -0.335. The van der Waals surface area contributed by atoms with Crippen LogP contribution in [0.15, 0.2) is 28.3 Å². The smallest absolute Gasteiger partial charge is 0.271 e. The molecule has 4 heterocycles. The molecule has 0 radical (unpaired) electrons. The van der Waals surface area contributed by atoms with E-state index in [0.29, 0.717) is 13.1 Å². The van der Waals surface area contributed by atoms with Crippen molar-refractivity contribution in [1.82, 2.24) is 34.8 Å². The number of anilines is 1. The molecule has 4 rings (SSSR count). The largest absolute Gasteiger partial charge is 0.356 e. The quantitative estimate of drug-likeness (QED) is 0.432. The summed E-state index contributed by atoms with van der Waals surface area (Å²) in [7, 11) is 1.51. The van der Waals surface area contributed by atoms with Crippen LogP contribution in [0.2, 0.25) is 0 Å². The lowest BCUT2D eigenvalue weighted by atomic mass is 10.1. The Labute approximate surface area is 184 Å². The SMILES string of the molecule is CCSc1nc(N2CCCCC2)c2cnn(CCNC(=O)c3ccc(=O)n(C)n3)c2n1. The Morgan fingerprint density at radius 1 is 1.19 bits per heavy atom. The summed E-state index contributed by atoms with van der Waals surface area (Å²) in [6, 6.07) is 2.75. The number of piperidine rings is 1. The molecule has 0 saturated carbocycles. The van der Waals surface area contributed by atoms with Crippen molar-refractivity contribution in [2.24, 2.45) is 7.05 Å². The molecule has 3 aromatic rings. The Kier molecular flexibility index (Phi) is 6.50. The molecule has 164 valence electrons. The molecule has 10 nitrogen and oxygen atoms in total. The van der Waals surface area contributed by atoms with Gasteiger partial charge in [-0.2, -0.15) is 10.2 Å². The van der Waals surface area contributed by atoms with E-state index in [2.05, 4.69) is 27.3 Å². The molecule has 1 fully saturated rings. The normalized spacial score (nSPS) is 14.2. The summed E-state index contributed by atoms with van der Waals surface area (Å²) < 4.78 is 2.94. The number of thioether (sulfide) groups is 1. The summed E-state index contributed by atoms with van der Waals surface area (Å²) >= 11 is 1.61. The predicted molar refractivity (Wildman–Crippen MR) is 120 cm³/mol. The fraction of sp³-hybridized carbons (Fsp3) is 0.500. The molecule has 1 aliphatic heterocycles. The van der Waals surface area contributed by atoms with Gasteiger partial charge in [-0.1, -0.05) is 18.7 Å². The number of aromatic nitrogens is 6. The van der Waals surface area contributed by atoms with E-state index in [1.165, 1.54) is 38.4 Å². The summed E-state index contributed by atoms with van der Waals surface area (Å²) in [5.41, 5.74) is 0.717. The minimum Gasteiger partial charge on any atom is -0.356 e. The maximum Gasteiger partial charge on any atom is 0.271 e. The molecule has 3 aromatic heterocycles. The predicted octanol–water partition coefficient (Wildman–Crippen LogP) is 1.45. The molecule has 1 aliphatic rings. The molecule has 1 saturated heterocycles. The lowest BCUT2D eigenvalue weighted by molar-refractivity contribution is 0.0944. The molecule has 0 aromatic carbocycles. The van der Waals surface area contributed by atoms with E-state index in [1.54, 1.807) is 16.4 Å². The van der Waals surface area contributed by atoms with Gasteiger partial charge in [-0.15, -0.1) is 0 Å². The number of nitrogens with one attached hydrogen (secondary N) is 1. The molecule has 0 unspecified atom stereocenters. The first-order valence-corrected chi connectivity index (χ1v) is 11.5. The van der Waals surface area contributed by atoms with Crippen LogP contribution in [-0.2, 0) is 13.6 Å². The van der Waals surface area contributed by atoms with Gasteiger partial charge in [-0.3, -0.25) is 9.59 Å². The average molecular weight is 443 g/mol. The van der Waals surface area contributed by atoms with Crippen molar-refractivity contribution >= 4 is 34.5 Å². The number of carbonyl (C=O) groups excluding carboxylic acids is 1. The van der Waals surface area contributed by atoms with Crippen LogP contribution in [0.5, 0.6) is 0 Å². The van der Waals surface area contributed by atoms with Crippen LogP contribution in [0.3, 0.4) is 0 Å². The van der Waals surface area contributed by atoms with Gasteiger partial charge in [0, 0.05) is 32.7 Å². The van der Waals surface area contributed by atoms with Crippen molar-refractivity contribution in [3.63, 3.8) is 0 Å². The molecular weight excluding hydrogens is 416 g/mol. The highest BCUT2D eigenvalue weighted by Crippen LogP contribution is 2.29. The van der Waals surface area contributed by atoms with Crippen molar-refractivity contribution in [1.29, 1.82) is 0 Å². The van der Waals surface area contributed by atoms with Gasteiger partial charge in [0.05, 0.1) is 18.1 Å². The second-order valence-electron chi connectivity index (χ2n) is 7.35. The maximum absolute atomic E-state index is 12.3. The summed E-state index contributed by atoms with van der Waals surface area (Å²) in [5.74, 6) is 1.50. The molecule has 1 amide bonds. The van der Waals surface area contributed by atoms with Gasteiger partial charge in [-0.25, -0.2) is 19.3 Å². The van der Waals surface area contributed by atoms with Crippen LogP contribution in [0.4, 0.5) is 5.82 Å². The first-order valence-electron chi connectivity index (χ1n) is 10.5. The second kappa shape index (κ2) is 9.46. The first-order chi connectivity index (χ1) is 15.1. The summed E-state index contributed by atoms with van der Waals surface area (Å²) in [5, 5.41) is 13.0. The molecule has 11 heteroatoms. The molecular formula is C20H26N8O2S. The fourth-order valence-electron chi connectivity index (χ4n) is 3.61. The third-order valence-electron chi connectivity index (χ3n) is 5.19. The zero-order valence-corrected chi connectivity index (χ0v) is 18.6. The van der Waals surface area contributed by atoms with E-state index in [4.69, 9.17) is 9.97 Å². The van der Waals surface area contributed by atoms with E-state index < -0.39 is 0 Å². The van der Waals surface area contributed by atoms with Gasteiger partial charge >= 0.3 is 0 Å². The Morgan fingerprint density at radius 2 is 2.00 bits per heavy atom. The van der Waals surface area contributed by atoms with Crippen molar-refractivity contribution in [2.75, 3.05) is 30.3 Å². The number of nitrogens with zero attached hydrogens (tertiary/aromatic N) is 7. The molecule has 0 aliphatic carbocycles. The van der Waals surface area contributed by atoms with Crippen molar-refractivity contribution in [3.05, 3.63) is 34.4 Å². The highest BCUT2D eigenvalue weighted by molar-refractivity contribution is 7.99. The number of fused-ring (bicyclic) bond motifs is 1. The van der Waals surface area contributed by atoms with Crippen LogP contribution in [0.25, 0.3) is 11.0 Å². The van der Waals surface area contributed by atoms with E-state index >= 15 is 0 Å². The molecule has 31 heavy (non-hydrogen) atoms. The topological polar surface area (TPSA) is 111 Å². The molecule has 0 spiro atoms. The minimum absolute atomic E-state index is 0.198. The Morgan fingerprint density at radius 3 is 2.74 bits per heavy atom. The zero-order chi connectivity index (χ0) is 21.8. The van der Waals surface area contributed by atoms with E-state index in [0.717, 1.165) is 45.5 Å². The summed E-state index contributed by atoms with van der Waals surface area (Å²) in [6.07, 6.45) is 5.41. The summed E-state index contributed by atoms with van der Waals surface area (Å²) in [4.78, 5) is 35.6. The number of hydrogen-bond donors (Lipinski definition) is 1. The van der Waals surface area contributed by atoms with Gasteiger partial charge in [0.1, 0.15) is 11.5 Å². The van der Waals surface area contributed by atoms with Gasteiger partial charge in [0.2, 0.25) is 0 Å². The van der Waals surface area contributed by atoms with Gasteiger partial charge in [-0.05, 0) is 31.1 Å². The lowest BCUT2D eigenvalue weighted by Crippen LogP contribution is -2.31. The van der Waals surface area contributed by atoms with Crippen molar-refractivity contribution < 1.29 is 4.79 Å². The highest BCUT2D eigenvalue weighted by Gasteiger charge is 2.20. The number of amides is 1. The first kappa shape index (κ1) is 21.3. The molecule has 0 atom stereocenters. The van der Waals surface area contributed by atoms with E-state index in [9.17, 15) is 9.59 Å². The second-order valence-corrected chi connectivity index (χ2v) is 8.58. The van der Waals surface area contributed by atoms with Crippen LogP contribution < -0.4 is 15.8 Å². The lowest BCUT2D eigenvalue weighted by Gasteiger charge is -2.28. The van der Waals surface area contributed by atoms with Crippen LogP contribution in [0, 0.1) is 0 Å². The number of rotatable bonds is 7. The molecule has 0 bridgehead atoms. The monoisotopic (exact) mass is 442 g/mol. The summed E-state index contributed by atoms with van der Waals surface area (Å²) in [6.45, 7) is 4.90. The van der Waals surface area contributed by atoms with Crippen molar-refractivity contribution in [3.8, 4) is 0 Å². The average Bonchev–Trinajstić information content (AvgIpc) is 3.19. The maximum atomic E-state index is 12.3. The molecule has 1 N–H and O–H groups in total. The van der Waals surface area contributed by atoms with Crippen molar-refractivity contribution in [2.45, 2.75) is 37.9 Å². The number of carbonyl (C=O) groups is 1. The standard InChI is InChI=1S/C20H26N8O2S/c1-3-31-20-23-17(27-10-5-4-6-11-27)14-13-22-28(18(14)24-20)12-9-21-19(30)15-7-8-16(29)26(2)25-15/h7-8,13H,3-6,9-12H2,1-2H3,(H,21,30). The number of hydrogen-bond acceptors (Lipinski definition) is 8. The van der Waals surface area contributed by atoms with Gasteiger partial charge in [0.15, 0.2) is 10.8 Å². The Hall–Kier alpha value is -2.95. The number of aryl methyl sites for hydroxylation is 1. The van der Waals surface area contributed by atoms with Crippen LogP contribution in [-0.4, -0.2) is 60.8 Å². The van der Waals surface area contributed by atoms with Gasteiger partial charge < -0.3 is 10.2 Å². The Balaban J connectivity index is 1.52. The van der Waals surface area contributed by atoms with E-state index in [-0.39, 0.29) is 17.2 Å². The third-order valence-corrected chi connectivity index (χ3v) is 5.92. The third kappa shape index (κ3) is 4.71. The Bertz CT molecular complexity index is 1140. The van der Waals surface area contributed by atoms with Crippen LogP contribution >= 0.6 is 11.8 Å². The van der Waals surface area contributed by atoms with Crippen LogP contribution in [0.1, 0.15) is 36.7 Å². The van der Waals surface area contributed by atoms with E-state index in [1.807, 2.05) is 6.20 Å². The highest BCUT2D eigenvalue weighted by atomic mass is 32.2.